The predicted octanol–water partition coefficient (Wildman–Crippen LogP) is 2.86. The van der Waals surface area contributed by atoms with Crippen molar-refractivity contribution in [2.45, 2.75) is 26.2 Å². The lowest BCUT2D eigenvalue weighted by atomic mass is 10.2. The number of likely N-dealkylation sites (tertiary alicyclic amines) is 1. The summed E-state index contributed by atoms with van der Waals surface area (Å²) in [5.74, 6) is -0.190. The van der Waals surface area contributed by atoms with Gasteiger partial charge in [0, 0.05) is 24.6 Å². The van der Waals surface area contributed by atoms with Gasteiger partial charge >= 0.3 is 5.97 Å². The summed E-state index contributed by atoms with van der Waals surface area (Å²) in [4.78, 5) is 36.7. The molecule has 4 rings (SSSR count). The molecule has 0 atom stereocenters. The van der Waals surface area contributed by atoms with E-state index in [1.807, 2.05) is 30.3 Å². The third-order valence-corrected chi connectivity index (χ3v) is 5.41. The molecule has 1 aliphatic rings. The molecule has 1 aromatic carbocycles. The lowest BCUT2D eigenvalue weighted by molar-refractivity contribution is 0.0524. The summed E-state index contributed by atoms with van der Waals surface area (Å²) < 4.78 is 6.81. The number of hydrogen-bond donors (Lipinski definition) is 1. The fraction of sp³-hybridized carbons (Fsp3) is 0.391. The second-order valence-corrected chi connectivity index (χ2v) is 7.56. The van der Waals surface area contributed by atoms with E-state index in [-0.39, 0.29) is 17.6 Å². The molecule has 1 saturated heterocycles. The molecule has 31 heavy (non-hydrogen) atoms. The van der Waals surface area contributed by atoms with Crippen LogP contribution in [0.4, 0.5) is 5.95 Å². The van der Waals surface area contributed by atoms with Gasteiger partial charge in [-0.25, -0.2) is 9.78 Å². The summed E-state index contributed by atoms with van der Waals surface area (Å²) >= 11 is 0. The van der Waals surface area contributed by atoms with E-state index < -0.39 is 11.4 Å². The monoisotopic (exact) mass is 421 g/mol. The topological polar surface area (TPSA) is 89.3 Å². The molecule has 0 unspecified atom stereocenters. The maximum Gasteiger partial charge on any atom is 0.343 e. The Kier molecular flexibility index (Phi) is 6.57. The van der Waals surface area contributed by atoms with Crippen LogP contribution in [0.25, 0.3) is 16.7 Å². The van der Waals surface area contributed by atoms with Crippen LogP contribution in [-0.2, 0) is 4.74 Å². The van der Waals surface area contributed by atoms with Gasteiger partial charge < -0.3 is 19.5 Å². The minimum absolute atomic E-state index is 0.0341. The van der Waals surface area contributed by atoms with Gasteiger partial charge in [0.05, 0.1) is 12.0 Å². The molecule has 162 valence electrons. The van der Waals surface area contributed by atoms with E-state index in [4.69, 9.17) is 4.74 Å². The highest BCUT2D eigenvalue weighted by molar-refractivity contribution is 5.93. The summed E-state index contributed by atoms with van der Waals surface area (Å²) in [7, 11) is 0. The molecule has 0 aliphatic carbocycles. The highest BCUT2D eigenvalue weighted by Crippen LogP contribution is 2.17. The number of anilines is 1. The maximum atomic E-state index is 12.9. The zero-order chi connectivity index (χ0) is 21.6. The lowest BCUT2D eigenvalue weighted by Crippen LogP contribution is -2.23. The molecule has 0 radical (unpaired) electrons. The molecule has 8 heteroatoms. The average Bonchev–Trinajstić information content (AvgIpc) is 3.31. The van der Waals surface area contributed by atoms with Crippen molar-refractivity contribution in [3.63, 3.8) is 0 Å². The van der Waals surface area contributed by atoms with Gasteiger partial charge in [0.1, 0.15) is 5.56 Å². The molecule has 1 fully saturated rings. The van der Waals surface area contributed by atoms with Crippen LogP contribution in [-0.4, -0.2) is 58.2 Å². The Morgan fingerprint density at radius 1 is 1.19 bits per heavy atom. The summed E-state index contributed by atoms with van der Waals surface area (Å²) in [6, 6.07) is 9.47. The number of rotatable bonds is 8. The number of esters is 1. The van der Waals surface area contributed by atoms with Crippen LogP contribution in [0.2, 0.25) is 0 Å². The Morgan fingerprint density at radius 3 is 2.71 bits per heavy atom. The van der Waals surface area contributed by atoms with Crippen LogP contribution in [0.3, 0.4) is 0 Å². The number of benzene rings is 1. The number of fused-ring (bicyclic) bond motifs is 1. The fourth-order valence-corrected chi connectivity index (χ4v) is 3.84. The Labute approximate surface area is 180 Å². The highest BCUT2D eigenvalue weighted by atomic mass is 16.5. The number of aromatic nitrogens is 3. The number of nitrogens with zero attached hydrogens (tertiary/aromatic N) is 4. The maximum absolute atomic E-state index is 12.9. The van der Waals surface area contributed by atoms with Crippen molar-refractivity contribution in [2.24, 2.45) is 0 Å². The summed E-state index contributed by atoms with van der Waals surface area (Å²) in [5.41, 5.74) is 0.771. The van der Waals surface area contributed by atoms with E-state index in [2.05, 4.69) is 20.2 Å². The molecule has 3 aromatic rings. The molecule has 8 nitrogen and oxygen atoms in total. The third kappa shape index (κ3) is 4.74. The zero-order valence-corrected chi connectivity index (χ0v) is 17.7. The van der Waals surface area contributed by atoms with Crippen molar-refractivity contribution in [2.75, 3.05) is 38.1 Å². The largest absolute Gasteiger partial charge is 0.462 e. The number of ether oxygens (including phenoxy) is 1. The number of para-hydroxylation sites is 1. The molecule has 3 heterocycles. The van der Waals surface area contributed by atoms with Crippen molar-refractivity contribution < 1.29 is 9.53 Å². The first-order valence-corrected chi connectivity index (χ1v) is 10.8. The highest BCUT2D eigenvalue weighted by Gasteiger charge is 2.19. The first-order valence-electron chi connectivity index (χ1n) is 10.8. The fourth-order valence-electron chi connectivity index (χ4n) is 3.84. The number of pyridine rings is 1. The second kappa shape index (κ2) is 9.70. The summed E-state index contributed by atoms with van der Waals surface area (Å²) in [5, 5.41) is 3.54. The molecule has 0 spiro atoms. The minimum atomic E-state index is -0.650. The lowest BCUT2D eigenvalue weighted by Gasteiger charge is -2.15. The first-order chi connectivity index (χ1) is 15.2. The van der Waals surface area contributed by atoms with Crippen molar-refractivity contribution in [1.29, 1.82) is 0 Å². The van der Waals surface area contributed by atoms with Crippen LogP contribution in [0.1, 0.15) is 36.5 Å². The number of nitrogens with one attached hydrogen (secondary N) is 1. The third-order valence-electron chi connectivity index (χ3n) is 5.41. The summed E-state index contributed by atoms with van der Waals surface area (Å²) in [6.45, 7) is 6.06. The number of carbonyl (C=O) groups excluding carboxylic acids is 1. The van der Waals surface area contributed by atoms with Crippen molar-refractivity contribution in [3.8, 4) is 5.69 Å². The Morgan fingerprint density at radius 2 is 1.97 bits per heavy atom. The van der Waals surface area contributed by atoms with Gasteiger partial charge in [-0.1, -0.05) is 18.2 Å². The molecule has 1 aliphatic heterocycles. The van der Waals surface area contributed by atoms with Crippen LogP contribution >= 0.6 is 0 Å². The predicted molar refractivity (Wildman–Crippen MR) is 120 cm³/mol. The van der Waals surface area contributed by atoms with Gasteiger partial charge in [-0.15, -0.1) is 0 Å². The first kappa shape index (κ1) is 21.0. The molecule has 2 aromatic heterocycles. The van der Waals surface area contributed by atoms with Gasteiger partial charge in [-0.3, -0.25) is 4.79 Å². The normalized spacial score (nSPS) is 14.1. The Balaban J connectivity index is 1.65. The van der Waals surface area contributed by atoms with E-state index in [9.17, 15) is 9.59 Å². The van der Waals surface area contributed by atoms with E-state index in [1.165, 1.54) is 38.3 Å². The minimum Gasteiger partial charge on any atom is -0.462 e. The standard InChI is InChI=1S/C23H27N5O3/c1-2-31-22(30)19-16-28(17-9-4-3-5-10-17)21-18(20(19)29)15-25-23(26-21)24-11-8-14-27-12-6-7-13-27/h3-5,9-10,15-16H,2,6-8,11-14H2,1H3,(H,24,25,26). The van der Waals surface area contributed by atoms with Crippen LogP contribution in [0.15, 0.2) is 47.5 Å². The molecule has 1 N–H and O–H groups in total. The van der Waals surface area contributed by atoms with Gasteiger partial charge in [-0.2, -0.15) is 4.98 Å². The number of carbonyl (C=O) groups is 1. The Hall–Kier alpha value is -3.26. The van der Waals surface area contributed by atoms with Crippen LogP contribution in [0, 0.1) is 0 Å². The zero-order valence-electron chi connectivity index (χ0n) is 17.7. The second-order valence-electron chi connectivity index (χ2n) is 7.56. The van der Waals surface area contributed by atoms with E-state index in [0.29, 0.717) is 11.6 Å². The Bertz CT molecular complexity index is 1110. The van der Waals surface area contributed by atoms with E-state index in [0.717, 1.165) is 25.2 Å². The van der Waals surface area contributed by atoms with Crippen molar-refractivity contribution in [1.82, 2.24) is 19.4 Å². The molecular weight excluding hydrogens is 394 g/mol. The molecule has 0 saturated carbocycles. The van der Waals surface area contributed by atoms with Crippen molar-refractivity contribution in [3.05, 3.63) is 58.5 Å². The van der Waals surface area contributed by atoms with Crippen LogP contribution < -0.4 is 10.7 Å². The summed E-state index contributed by atoms with van der Waals surface area (Å²) in [6.07, 6.45) is 6.55. The van der Waals surface area contributed by atoms with Crippen LogP contribution in [0.5, 0.6) is 0 Å². The van der Waals surface area contributed by atoms with Gasteiger partial charge in [0.25, 0.3) is 0 Å². The quantitative estimate of drug-likeness (QED) is 0.442. The van der Waals surface area contributed by atoms with E-state index >= 15 is 0 Å². The number of hydrogen-bond acceptors (Lipinski definition) is 7. The SMILES string of the molecule is CCOC(=O)c1cn(-c2ccccc2)c2nc(NCCCN3CCCC3)ncc2c1=O. The van der Waals surface area contributed by atoms with Gasteiger partial charge in [-0.05, 0) is 58.0 Å². The smallest absolute Gasteiger partial charge is 0.343 e. The van der Waals surface area contributed by atoms with Gasteiger partial charge in [0.2, 0.25) is 11.4 Å². The molecular formula is C23H27N5O3. The average molecular weight is 422 g/mol. The van der Waals surface area contributed by atoms with Gasteiger partial charge in [0.15, 0.2) is 5.65 Å². The van der Waals surface area contributed by atoms with Crippen molar-refractivity contribution >= 4 is 23.0 Å². The van der Waals surface area contributed by atoms with E-state index in [1.54, 1.807) is 11.5 Å². The molecule has 0 amide bonds. The molecule has 0 bridgehead atoms.